The third-order valence-corrected chi connectivity index (χ3v) is 3.39. The molecule has 0 aliphatic heterocycles. The average molecular weight is 274 g/mol. The van der Waals surface area contributed by atoms with Gasteiger partial charge in [-0.1, -0.05) is 0 Å². The van der Waals surface area contributed by atoms with Crippen LogP contribution in [0.15, 0.2) is 16.9 Å². The van der Waals surface area contributed by atoms with Crippen molar-refractivity contribution in [1.29, 1.82) is 0 Å². The van der Waals surface area contributed by atoms with Crippen LogP contribution in [0.5, 0.6) is 0 Å². The van der Waals surface area contributed by atoms with Gasteiger partial charge in [0.2, 0.25) is 0 Å². The molecule has 2 aromatic rings. The number of fused-ring (bicyclic) bond motifs is 1. The highest BCUT2D eigenvalue weighted by molar-refractivity contribution is 5.80. The Kier molecular flexibility index (Phi) is 3.88. The van der Waals surface area contributed by atoms with Gasteiger partial charge < -0.3 is 4.74 Å². The zero-order valence-electron chi connectivity index (χ0n) is 12.2. The van der Waals surface area contributed by atoms with E-state index in [0.717, 1.165) is 11.1 Å². The van der Waals surface area contributed by atoms with Gasteiger partial charge in [-0.05, 0) is 44.0 Å². The first-order valence-electron chi connectivity index (χ1n) is 6.56. The Balaban J connectivity index is 2.58. The highest BCUT2D eigenvalue weighted by Crippen LogP contribution is 2.15. The Labute approximate surface area is 117 Å². The molecule has 106 valence electrons. The van der Waals surface area contributed by atoms with Crippen LogP contribution in [-0.2, 0) is 23.0 Å². The summed E-state index contributed by atoms with van der Waals surface area (Å²) in [5.41, 5.74) is 2.60. The highest BCUT2D eigenvalue weighted by atomic mass is 16.5. The molecule has 0 aliphatic carbocycles. The van der Waals surface area contributed by atoms with Crippen molar-refractivity contribution in [1.82, 2.24) is 9.55 Å². The SMILES string of the molecule is CCOC(=O)Cc1nc2cc(C)c(C)cc2c(=O)n1C. The van der Waals surface area contributed by atoms with Gasteiger partial charge in [0.15, 0.2) is 0 Å². The van der Waals surface area contributed by atoms with Crippen molar-refractivity contribution in [3.05, 3.63) is 39.4 Å². The van der Waals surface area contributed by atoms with E-state index < -0.39 is 0 Å². The van der Waals surface area contributed by atoms with Crippen molar-refractivity contribution in [2.45, 2.75) is 27.2 Å². The summed E-state index contributed by atoms with van der Waals surface area (Å²) in [6.45, 7) is 6.00. The fourth-order valence-corrected chi connectivity index (χ4v) is 2.08. The van der Waals surface area contributed by atoms with Crippen LogP contribution in [-0.4, -0.2) is 22.1 Å². The topological polar surface area (TPSA) is 61.2 Å². The molecule has 20 heavy (non-hydrogen) atoms. The minimum absolute atomic E-state index is 0.00242. The van der Waals surface area contributed by atoms with Crippen molar-refractivity contribution in [2.75, 3.05) is 6.61 Å². The average Bonchev–Trinajstić information content (AvgIpc) is 2.39. The summed E-state index contributed by atoms with van der Waals surface area (Å²) >= 11 is 0. The van der Waals surface area contributed by atoms with E-state index in [1.165, 1.54) is 4.57 Å². The second kappa shape index (κ2) is 5.45. The molecule has 0 saturated carbocycles. The zero-order chi connectivity index (χ0) is 14.9. The van der Waals surface area contributed by atoms with E-state index >= 15 is 0 Å². The van der Waals surface area contributed by atoms with Crippen LogP contribution >= 0.6 is 0 Å². The molecule has 0 spiro atoms. The normalized spacial score (nSPS) is 10.8. The van der Waals surface area contributed by atoms with E-state index in [1.54, 1.807) is 14.0 Å². The first-order valence-corrected chi connectivity index (χ1v) is 6.56. The number of esters is 1. The maximum absolute atomic E-state index is 12.3. The van der Waals surface area contributed by atoms with Gasteiger partial charge in [0.1, 0.15) is 12.2 Å². The Morgan fingerprint density at radius 3 is 2.60 bits per heavy atom. The minimum atomic E-state index is -0.377. The predicted octanol–water partition coefficient (Wildman–Crippen LogP) is 1.66. The van der Waals surface area contributed by atoms with Crippen LogP contribution in [0.4, 0.5) is 0 Å². The van der Waals surface area contributed by atoms with Crippen molar-refractivity contribution in [3.63, 3.8) is 0 Å². The Hall–Kier alpha value is -2.17. The third kappa shape index (κ3) is 2.57. The Morgan fingerprint density at radius 1 is 1.30 bits per heavy atom. The molecular formula is C15H18N2O3. The summed E-state index contributed by atoms with van der Waals surface area (Å²) in [6, 6.07) is 3.72. The van der Waals surface area contributed by atoms with Crippen LogP contribution in [0.3, 0.4) is 0 Å². The second-order valence-corrected chi connectivity index (χ2v) is 4.83. The maximum Gasteiger partial charge on any atom is 0.313 e. The number of hydrogen-bond acceptors (Lipinski definition) is 4. The molecule has 0 atom stereocenters. The fourth-order valence-electron chi connectivity index (χ4n) is 2.08. The molecule has 2 rings (SSSR count). The van der Waals surface area contributed by atoms with Crippen molar-refractivity contribution >= 4 is 16.9 Å². The number of benzene rings is 1. The molecule has 0 unspecified atom stereocenters. The molecule has 0 aliphatic rings. The molecule has 0 bridgehead atoms. The van der Waals surface area contributed by atoms with E-state index in [2.05, 4.69) is 4.98 Å². The summed E-state index contributed by atoms with van der Waals surface area (Å²) in [7, 11) is 1.62. The molecule has 0 fully saturated rings. The van der Waals surface area contributed by atoms with E-state index in [9.17, 15) is 9.59 Å². The maximum atomic E-state index is 12.3. The molecule has 0 amide bonds. The number of hydrogen-bond donors (Lipinski definition) is 0. The van der Waals surface area contributed by atoms with Crippen molar-refractivity contribution < 1.29 is 9.53 Å². The van der Waals surface area contributed by atoms with Crippen molar-refractivity contribution in [2.24, 2.45) is 7.05 Å². The van der Waals surface area contributed by atoms with Gasteiger partial charge in [-0.3, -0.25) is 14.2 Å². The van der Waals surface area contributed by atoms with E-state index in [-0.39, 0.29) is 17.9 Å². The quantitative estimate of drug-likeness (QED) is 0.799. The summed E-state index contributed by atoms with van der Waals surface area (Å²) < 4.78 is 6.31. The fraction of sp³-hybridized carbons (Fsp3) is 0.400. The molecule has 1 aromatic carbocycles. The predicted molar refractivity (Wildman–Crippen MR) is 76.8 cm³/mol. The van der Waals surface area contributed by atoms with Gasteiger partial charge >= 0.3 is 5.97 Å². The van der Waals surface area contributed by atoms with Gasteiger partial charge in [0.25, 0.3) is 5.56 Å². The summed E-state index contributed by atoms with van der Waals surface area (Å²) in [4.78, 5) is 28.3. The lowest BCUT2D eigenvalue weighted by Gasteiger charge is -2.10. The minimum Gasteiger partial charge on any atom is -0.466 e. The number of ether oxygens (including phenoxy) is 1. The lowest BCUT2D eigenvalue weighted by atomic mass is 10.1. The summed E-state index contributed by atoms with van der Waals surface area (Å²) in [5, 5.41) is 0.572. The first-order chi connectivity index (χ1) is 9.43. The van der Waals surface area contributed by atoms with Crippen LogP contribution in [0, 0.1) is 13.8 Å². The number of aromatic nitrogens is 2. The number of nitrogens with zero attached hydrogens (tertiary/aromatic N) is 2. The molecule has 5 heteroatoms. The lowest BCUT2D eigenvalue weighted by molar-refractivity contribution is -0.142. The van der Waals surface area contributed by atoms with Gasteiger partial charge in [0, 0.05) is 7.05 Å². The second-order valence-electron chi connectivity index (χ2n) is 4.83. The Bertz CT molecular complexity index is 732. The van der Waals surface area contributed by atoms with Crippen LogP contribution in [0.1, 0.15) is 23.9 Å². The van der Waals surface area contributed by atoms with E-state index in [0.29, 0.717) is 23.3 Å². The molecule has 1 heterocycles. The molecule has 5 nitrogen and oxygen atoms in total. The molecule has 0 saturated heterocycles. The Morgan fingerprint density at radius 2 is 1.95 bits per heavy atom. The molecular weight excluding hydrogens is 256 g/mol. The van der Waals surface area contributed by atoms with Crippen LogP contribution in [0.25, 0.3) is 10.9 Å². The summed E-state index contributed by atoms with van der Waals surface area (Å²) in [6.07, 6.45) is 0.00242. The third-order valence-electron chi connectivity index (χ3n) is 3.39. The van der Waals surface area contributed by atoms with E-state index in [1.807, 2.05) is 26.0 Å². The smallest absolute Gasteiger partial charge is 0.313 e. The van der Waals surface area contributed by atoms with Crippen LogP contribution < -0.4 is 5.56 Å². The monoisotopic (exact) mass is 274 g/mol. The standard InChI is InChI=1S/C15H18N2O3/c1-5-20-14(18)8-13-16-12-7-10(3)9(2)6-11(12)15(19)17(13)4/h6-7H,5,8H2,1-4H3. The van der Waals surface area contributed by atoms with Gasteiger partial charge in [-0.15, -0.1) is 0 Å². The van der Waals surface area contributed by atoms with E-state index in [4.69, 9.17) is 4.74 Å². The zero-order valence-corrected chi connectivity index (χ0v) is 12.2. The van der Waals surface area contributed by atoms with Gasteiger partial charge in [-0.2, -0.15) is 0 Å². The molecule has 0 N–H and O–H groups in total. The molecule has 0 radical (unpaired) electrons. The number of aryl methyl sites for hydroxylation is 2. The number of rotatable bonds is 3. The summed E-state index contributed by atoms with van der Waals surface area (Å²) in [5.74, 6) is 0.0439. The largest absolute Gasteiger partial charge is 0.466 e. The lowest BCUT2D eigenvalue weighted by Crippen LogP contribution is -2.25. The number of carbonyl (C=O) groups excluding carboxylic acids is 1. The van der Waals surface area contributed by atoms with Crippen LogP contribution in [0.2, 0.25) is 0 Å². The van der Waals surface area contributed by atoms with Gasteiger partial charge in [-0.25, -0.2) is 4.98 Å². The first kappa shape index (κ1) is 14.2. The highest BCUT2D eigenvalue weighted by Gasteiger charge is 2.13. The van der Waals surface area contributed by atoms with Crippen molar-refractivity contribution in [3.8, 4) is 0 Å². The number of carbonyl (C=O) groups is 1. The molecule has 1 aromatic heterocycles. The van der Waals surface area contributed by atoms with Gasteiger partial charge in [0.05, 0.1) is 17.5 Å².